The van der Waals surface area contributed by atoms with Gasteiger partial charge in [0.2, 0.25) is 0 Å². The third-order valence-electron chi connectivity index (χ3n) is 3.07. The highest BCUT2D eigenvalue weighted by Gasteiger charge is 2.12. The fourth-order valence-electron chi connectivity index (χ4n) is 2.03. The van der Waals surface area contributed by atoms with Crippen LogP contribution in [0.3, 0.4) is 0 Å². The fourth-order valence-corrected chi connectivity index (χ4v) is 2.03. The average molecular weight is 278 g/mol. The molecule has 0 fully saturated rings. The molecule has 0 spiro atoms. The molecule has 1 unspecified atom stereocenters. The van der Waals surface area contributed by atoms with Crippen molar-refractivity contribution in [3.05, 3.63) is 29.8 Å². The Labute approximate surface area is 119 Å². The van der Waals surface area contributed by atoms with E-state index in [0.717, 1.165) is 19.3 Å². The number of anilines is 1. The number of carboxylic acids is 1. The summed E-state index contributed by atoms with van der Waals surface area (Å²) >= 11 is 0. The van der Waals surface area contributed by atoms with Crippen molar-refractivity contribution in [3.63, 3.8) is 0 Å². The number of urea groups is 1. The zero-order chi connectivity index (χ0) is 15.0. The number of carbonyl (C=O) groups excluding carboxylic acids is 1. The molecule has 0 aliphatic heterocycles. The van der Waals surface area contributed by atoms with Crippen molar-refractivity contribution in [3.8, 4) is 0 Å². The Morgan fingerprint density at radius 3 is 2.55 bits per heavy atom. The summed E-state index contributed by atoms with van der Waals surface area (Å²) in [5.74, 6) is -0.919. The second-order valence-corrected chi connectivity index (χ2v) is 4.72. The third kappa shape index (κ3) is 5.30. The molecule has 3 N–H and O–H groups in total. The average Bonchev–Trinajstić information content (AvgIpc) is 2.40. The molecule has 1 aromatic rings. The van der Waals surface area contributed by atoms with Gasteiger partial charge in [0.25, 0.3) is 0 Å². The first-order valence-electron chi connectivity index (χ1n) is 6.94. The van der Waals surface area contributed by atoms with Gasteiger partial charge in [-0.05, 0) is 24.5 Å². The van der Waals surface area contributed by atoms with Gasteiger partial charge in [-0.2, -0.15) is 0 Å². The highest BCUT2D eigenvalue weighted by atomic mass is 16.4. The lowest BCUT2D eigenvalue weighted by atomic mass is 10.1. The maximum Gasteiger partial charge on any atom is 0.319 e. The topological polar surface area (TPSA) is 78.4 Å². The molecular weight excluding hydrogens is 256 g/mol. The van der Waals surface area contributed by atoms with Crippen LogP contribution in [-0.2, 0) is 11.2 Å². The summed E-state index contributed by atoms with van der Waals surface area (Å²) in [5.41, 5.74) is 1.14. The van der Waals surface area contributed by atoms with Crippen LogP contribution in [0.2, 0.25) is 0 Å². The molecule has 1 atom stereocenters. The van der Waals surface area contributed by atoms with Crippen LogP contribution in [0.1, 0.15) is 38.7 Å². The van der Waals surface area contributed by atoms with Gasteiger partial charge in [0.05, 0.1) is 6.42 Å². The zero-order valence-electron chi connectivity index (χ0n) is 12.0. The van der Waals surface area contributed by atoms with Gasteiger partial charge in [0, 0.05) is 11.7 Å². The van der Waals surface area contributed by atoms with Gasteiger partial charge < -0.3 is 15.7 Å². The van der Waals surface area contributed by atoms with Gasteiger partial charge in [0.15, 0.2) is 0 Å². The maximum atomic E-state index is 11.9. The second-order valence-electron chi connectivity index (χ2n) is 4.72. The molecule has 1 aromatic carbocycles. The Hall–Kier alpha value is -2.04. The molecule has 2 amide bonds. The van der Waals surface area contributed by atoms with Crippen molar-refractivity contribution in [2.45, 2.75) is 45.6 Å². The van der Waals surface area contributed by atoms with Crippen molar-refractivity contribution in [2.24, 2.45) is 0 Å². The molecule has 5 heteroatoms. The third-order valence-corrected chi connectivity index (χ3v) is 3.07. The molecule has 0 saturated carbocycles. The van der Waals surface area contributed by atoms with Gasteiger partial charge in [-0.25, -0.2) is 4.79 Å². The van der Waals surface area contributed by atoms with Gasteiger partial charge >= 0.3 is 12.0 Å². The standard InChI is InChI=1S/C15H22N2O3/c1-3-7-12(4-2)16-15(20)17-13-9-6-5-8-11(13)10-14(18)19/h5-6,8-9,12H,3-4,7,10H2,1-2H3,(H,18,19)(H2,16,17,20). The monoisotopic (exact) mass is 278 g/mol. The van der Waals surface area contributed by atoms with Gasteiger partial charge in [-0.3, -0.25) is 4.79 Å². The van der Waals surface area contributed by atoms with Crippen molar-refractivity contribution >= 4 is 17.7 Å². The summed E-state index contributed by atoms with van der Waals surface area (Å²) in [4.78, 5) is 22.7. The predicted molar refractivity (Wildman–Crippen MR) is 78.9 cm³/mol. The number of para-hydroxylation sites is 1. The molecule has 0 heterocycles. The summed E-state index contributed by atoms with van der Waals surface area (Å²) in [6.07, 6.45) is 2.70. The Kier molecular flexibility index (Phi) is 6.56. The number of hydrogen-bond acceptors (Lipinski definition) is 2. The van der Waals surface area contributed by atoms with Crippen LogP contribution in [0.15, 0.2) is 24.3 Å². The molecule has 0 saturated heterocycles. The van der Waals surface area contributed by atoms with Crippen LogP contribution < -0.4 is 10.6 Å². The Morgan fingerprint density at radius 1 is 1.25 bits per heavy atom. The number of rotatable bonds is 7. The molecule has 1 rings (SSSR count). The first-order chi connectivity index (χ1) is 9.56. The summed E-state index contributed by atoms with van der Waals surface area (Å²) < 4.78 is 0. The number of hydrogen-bond donors (Lipinski definition) is 3. The van der Waals surface area contributed by atoms with E-state index in [1.807, 2.05) is 6.92 Å². The molecule has 5 nitrogen and oxygen atoms in total. The van der Waals surface area contributed by atoms with Crippen LogP contribution in [0, 0.1) is 0 Å². The van der Waals surface area contributed by atoms with Crippen LogP contribution in [0.5, 0.6) is 0 Å². The number of amides is 2. The smallest absolute Gasteiger partial charge is 0.319 e. The Bertz CT molecular complexity index is 460. The van der Waals surface area contributed by atoms with E-state index in [1.165, 1.54) is 0 Å². The number of carbonyl (C=O) groups is 2. The van der Waals surface area contributed by atoms with Crippen molar-refractivity contribution < 1.29 is 14.7 Å². The quantitative estimate of drug-likeness (QED) is 0.717. The van der Waals surface area contributed by atoms with E-state index in [-0.39, 0.29) is 18.5 Å². The van der Waals surface area contributed by atoms with E-state index in [2.05, 4.69) is 17.6 Å². The minimum atomic E-state index is -0.919. The summed E-state index contributed by atoms with van der Waals surface area (Å²) in [6, 6.07) is 6.79. The molecule has 0 bridgehead atoms. The van der Waals surface area contributed by atoms with Crippen molar-refractivity contribution in [1.82, 2.24) is 5.32 Å². The van der Waals surface area contributed by atoms with Crippen LogP contribution in [0.25, 0.3) is 0 Å². The fraction of sp³-hybridized carbons (Fsp3) is 0.467. The number of carboxylic acid groups (broad SMARTS) is 1. The Balaban J connectivity index is 2.67. The molecule has 20 heavy (non-hydrogen) atoms. The van der Waals surface area contributed by atoms with Crippen LogP contribution in [0.4, 0.5) is 10.5 Å². The molecule has 0 aliphatic carbocycles. The SMILES string of the molecule is CCCC(CC)NC(=O)Nc1ccccc1CC(=O)O. The molecule has 0 aromatic heterocycles. The first kappa shape index (κ1) is 16.0. The number of aliphatic carboxylic acids is 1. The highest BCUT2D eigenvalue weighted by molar-refractivity contribution is 5.91. The van der Waals surface area contributed by atoms with Crippen molar-refractivity contribution in [1.29, 1.82) is 0 Å². The zero-order valence-corrected chi connectivity index (χ0v) is 12.0. The summed E-state index contributed by atoms with van der Waals surface area (Å²) in [6.45, 7) is 4.10. The molecule has 110 valence electrons. The largest absolute Gasteiger partial charge is 0.481 e. The molecule has 0 radical (unpaired) electrons. The summed E-state index contributed by atoms with van der Waals surface area (Å²) in [7, 11) is 0. The van der Waals surface area contributed by atoms with Gasteiger partial charge in [0.1, 0.15) is 0 Å². The van der Waals surface area contributed by atoms with E-state index in [4.69, 9.17) is 5.11 Å². The van der Waals surface area contributed by atoms with E-state index >= 15 is 0 Å². The Morgan fingerprint density at radius 2 is 1.95 bits per heavy atom. The van der Waals surface area contributed by atoms with E-state index < -0.39 is 5.97 Å². The van der Waals surface area contributed by atoms with Crippen molar-refractivity contribution in [2.75, 3.05) is 5.32 Å². The lowest BCUT2D eigenvalue weighted by Gasteiger charge is -2.17. The maximum absolute atomic E-state index is 11.9. The summed E-state index contributed by atoms with van der Waals surface area (Å²) in [5, 5.41) is 14.5. The predicted octanol–water partition coefficient (Wildman–Crippen LogP) is 3.01. The van der Waals surface area contributed by atoms with Gasteiger partial charge in [-0.15, -0.1) is 0 Å². The minimum absolute atomic E-state index is 0.109. The molecule has 0 aliphatic rings. The lowest BCUT2D eigenvalue weighted by molar-refractivity contribution is -0.136. The van der Waals surface area contributed by atoms with E-state index in [0.29, 0.717) is 11.3 Å². The number of benzene rings is 1. The normalized spacial score (nSPS) is 11.7. The van der Waals surface area contributed by atoms with Gasteiger partial charge in [-0.1, -0.05) is 38.5 Å². The molecular formula is C15H22N2O3. The van der Waals surface area contributed by atoms with E-state index in [1.54, 1.807) is 24.3 Å². The minimum Gasteiger partial charge on any atom is -0.481 e. The van der Waals surface area contributed by atoms with Crippen LogP contribution in [-0.4, -0.2) is 23.1 Å². The second kappa shape index (κ2) is 8.19. The van der Waals surface area contributed by atoms with Crippen LogP contribution >= 0.6 is 0 Å². The number of nitrogens with one attached hydrogen (secondary N) is 2. The lowest BCUT2D eigenvalue weighted by Crippen LogP contribution is -2.37. The highest BCUT2D eigenvalue weighted by Crippen LogP contribution is 2.15. The first-order valence-corrected chi connectivity index (χ1v) is 6.94. The van der Waals surface area contributed by atoms with E-state index in [9.17, 15) is 9.59 Å².